The van der Waals surface area contributed by atoms with Gasteiger partial charge >= 0.3 is 0 Å². The van der Waals surface area contributed by atoms with E-state index in [2.05, 4.69) is 30.7 Å². The molecule has 0 atom stereocenters. The maximum Gasteiger partial charge on any atom is 0.277 e. The van der Waals surface area contributed by atoms with E-state index in [1.807, 2.05) is 13.0 Å². The van der Waals surface area contributed by atoms with Crippen molar-refractivity contribution in [3.05, 3.63) is 86.8 Å². The van der Waals surface area contributed by atoms with Gasteiger partial charge in [0.1, 0.15) is 34.7 Å². The van der Waals surface area contributed by atoms with Crippen LogP contribution in [0.1, 0.15) is 50.6 Å². The molecule has 0 aliphatic rings. The molecule has 3 rings (SSSR count). The van der Waals surface area contributed by atoms with E-state index in [0.717, 1.165) is 24.6 Å². The zero-order chi connectivity index (χ0) is 26.6. The van der Waals surface area contributed by atoms with Crippen LogP contribution in [0.15, 0.2) is 47.7 Å². The Kier molecular flexibility index (Phi) is 8.47. The fourth-order valence-electron chi connectivity index (χ4n) is 3.37. The highest BCUT2D eigenvalue weighted by Crippen LogP contribution is 2.27. The molecule has 3 aromatic heterocycles. The highest BCUT2D eigenvalue weighted by molar-refractivity contribution is 6.31. The molecule has 2 N–H and O–H groups in total. The Morgan fingerprint density at radius 1 is 1.19 bits per heavy atom. The highest BCUT2D eigenvalue weighted by Gasteiger charge is 2.18. The Labute approximate surface area is 214 Å². The molecule has 0 unspecified atom stereocenters. The summed E-state index contributed by atoms with van der Waals surface area (Å²) in [4.78, 5) is 21.3. The first-order chi connectivity index (χ1) is 16.9. The lowest BCUT2D eigenvalue weighted by Crippen LogP contribution is -2.27. The molecule has 0 aromatic carbocycles. The van der Waals surface area contributed by atoms with Crippen molar-refractivity contribution in [2.75, 3.05) is 5.01 Å². The van der Waals surface area contributed by atoms with Crippen LogP contribution in [0.5, 0.6) is 5.75 Å². The van der Waals surface area contributed by atoms with Gasteiger partial charge in [0.05, 0.1) is 11.9 Å². The van der Waals surface area contributed by atoms with Crippen molar-refractivity contribution in [3.8, 4) is 11.4 Å². The van der Waals surface area contributed by atoms with Crippen LogP contribution in [0.4, 0.5) is 14.6 Å². The van der Waals surface area contributed by atoms with Crippen LogP contribution in [0, 0.1) is 30.9 Å². The molecule has 0 aliphatic heterocycles. The summed E-state index contributed by atoms with van der Waals surface area (Å²) in [6, 6.07) is 3.98. The van der Waals surface area contributed by atoms with Gasteiger partial charge < -0.3 is 4.74 Å². The molecule has 0 radical (unpaired) electrons. The molecule has 192 valence electrons. The van der Waals surface area contributed by atoms with Gasteiger partial charge in [0, 0.05) is 36.3 Å². The number of ether oxygens (including phenoxy) is 1. The Morgan fingerprint density at radius 3 is 2.58 bits per heavy atom. The molecule has 0 aliphatic carbocycles. The third kappa shape index (κ3) is 6.27. The van der Waals surface area contributed by atoms with Crippen LogP contribution in [0.3, 0.4) is 0 Å². The second-order valence-corrected chi connectivity index (χ2v) is 9.70. The summed E-state index contributed by atoms with van der Waals surface area (Å²) in [6.07, 6.45) is 8.14. The van der Waals surface area contributed by atoms with Gasteiger partial charge in [0.2, 0.25) is 0 Å². The number of aryl methyl sites for hydroxylation is 2. The average Bonchev–Trinajstić information content (AvgIpc) is 2.82. The van der Waals surface area contributed by atoms with E-state index in [9.17, 15) is 13.6 Å². The summed E-state index contributed by atoms with van der Waals surface area (Å²) in [6.45, 7) is 9.71. The molecule has 7 nitrogen and oxygen atoms in total. The van der Waals surface area contributed by atoms with E-state index >= 15 is 0 Å². The minimum Gasteiger partial charge on any atom is -0.485 e. The number of aromatic nitrogens is 3. The third-order valence-corrected chi connectivity index (χ3v) is 6.36. The average molecular weight is 518 g/mol. The van der Waals surface area contributed by atoms with Crippen molar-refractivity contribution in [1.82, 2.24) is 14.5 Å². The van der Waals surface area contributed by atoms with Gasteiger partial charge in [0.15, 0.2) is 5.82 Å². The fraction of sp³-hybridized carbons (Fsp3) is 0.346. The standard InChI is InChI=1S/C26H30ClF2N5O2/c1-6-26(4,5)8-7-9-33(30)23-12-21(16(2)13-32-23)34-17(3)10-22(24(27)25(34)35)36-15-20-19(29)11-18(28)14-31-20/h7,9-14H,6,8,15,30H2,1-5H3/b9-7-. The molecule has 0 fully saturated rings. The quantitative estimate of drug-likeness (QED) is 0.286. The van der Waals surface area contributed by atoms with Gasteiger partial charge in [-0.15, -0.1) is 0 Å². The molecule has 0 spiro atoms. The smallest absolute Gasteiger partial charge is 0.277 e. The van der Waals surface area contributed by atoms with E-state index in [-0.39, 0.29) is 28.5 Å². The summed E-state index contributed by atoms with van der Waals surface area (Å²) in [7, 11) is 0. The minimum atomic E-state index is -0.852. The van der Waals surface area contributed by atoms with Gasteiger partial charge in [-0.05, 0) is 31.2 Å². The Bertz CT molecular complexity index is 1340. The lowest BCUT2D eigenvalue weighted by atomic mass is 9.87. The fourth-order valence-corrected chi connectivity index (χ4v) is 3.57. The van der Waals surface area contributed by atoms with Crippen molar-refractivity contribution in [3.63, 3.8) is 0 Å². The number of pyridine rings is 3. The molecular formula is C26H30ClF2N5O2. The number of rotatable bonds is 9. The topological polar surface area (TPSA) is 86.3 Å². The predicted octanol–water partition coefficient (Wildman–Crippen LogP) is 5.78. The molecule has 36 heavy (non-hydrogen) atoms. The molecule has 0 bridgehead atoms. The first-order valence-corrected chi connectivity index (χ1v) is 11.8. The van der Waals surface area contributed by atoms with E-state index in [1.165, 1.54) is 9.58 Å². The molecule has 10 heteroatoms. The predicted molar refractivity (Wildman–Crippen MR) is 137 cm³/mol. The minimum absolute atomic E-state index is 0.0646. The molecule has 3 heterocycles. The van der Waals surface area contributed by atoms with Gasteiger partial charge in [-0.25, -0.2) is 19.6 Å². The Hall–Kier alpha value is -3.30. The van der Waals surface area contributed by atoms with Gasteiger partial charge in [-0.3, -0.25) is 19.4 Å². The Morgan fingerprint density at radius 2 is 1.92 bits per heavy atom. The van der Waals surface area contributed by atoms with Crippen LogP contribution in [0.25, 0.3) is 5.69 Å². The van der Waals surface area contributed by atoms with E-state index in [1.54, 1.807) is 31.5 Å². The van der Waals surface area contributed by atoms with Crippen molar-refractivity contribution in [2.45, 2.75) is 54.1 Å². The maximum absolute atomic E-state index is 13.9. The Balaban J connectivity index is 1.90. The number of hydrazine groups is 1. The number of nitrogens with zero attached hydrogens (tertiary/aromatic N) is 4. The molecule has 0 saturated carbocycles. The van der Waals surface area contributed by atoms with Crippen LogP contribution >= 0.6 is 11.6 Å². The zero-order valence-corrected chi connectivity index (χ0v) is 21.7. The largest absolute Gasteiger partial charge is 0.485 e. The number of hydrogen-bond acceptors (Lipinski definition) is 6. The van der Waals surface area contributed by atoms with Crippen LogP contribution in [-0.2, 0) is 6.61 Å². The van der Waals surface area contributed by atoms with Crippen molar-refractivity contribution >= 4 is 17.4 Å². The summed E-state index contributed by atoms with van der Waals surface area (Å²) in [5.74, 6) is 5.06. The second kappa shape index (κ2) is 11.2. The van der Waals surface area contributed by atoms with Gasteiger partial charge in [-0.1, -0.05) is 44.9 Å². The van der Waals surface area contributed by atoms with Crippen LogP contribution in [-0.4, -0.2) is 14.5 Å². The lowest BCUT2D eigenvalue weighted by molar-refractivity contribution is 0.292. The number of allylic oxidation sites excluding steroid dienone is 1. The summed E-state index contributed by atoms with van der Waals surface area (Å²) in [5.41, 5.74) is 1.34. The van der Waals surface area contributed by atoms with E-state index in [0.29, 0.717) is 23.3 Å². The first-order valence-electron chi connectivity index (χ1n) is 11.5. The van der Waals surface area contributed by atoms with E-state index < -0.39 is 17.2 Å². The monoisotopic (exact) mass is 517 g/mol. The first kappa shape index (κ1) is 27.3. The van der Waals surface area contributed by atoms with Crippen molar-refractivity contribution in [2.24, 2.45) is 11.3 Å². The van der Waals surface area contributed by atoms with E-state index in [4.69, 9.17) is 22.2 Å². The molecule has 3 aromatic rings. The van der Waals surface area contributed by atoms with Crippen molar-refractivity contribution < 1.29 is 13.5 Å². The normalized spacial score (nSPS) is 11.8. The van der Waals surface area contributed by atoms with Crippen molar-refractivity contribution in [1.29, 1.82) is 0 Å². The molecular weight excluding hydrogens is 488 g/mol. The molecule has 0 saturated heterocycles. The highest BCUT2D eigenvalue weighted by atomic mass is 35.5. The SMILES string of the molecule is CCC(C)(C)C/C=C\N(N)c1cc(-n2c(C)cc(OCc3ncc(F)cc3F)c(Cl)c2=O)c(C)cn1. The second-order valence-electron chi connectivity index (χ2n) is 9.32. The van der Waals surface area contributed by atoms with Gasteiger partial charge in [0.25, 0.3) is 5.56 Å². The maximum atomic E-state index is 13.9. The number of halogens is 3. The zero-order valence-electron chi connectivity index (χ0n) is 21.0. The van der Waals surface area contributed by atoms with Crippen LogP contribution < -0.4 is 21.1 Å². The lowest BCUT2D eigenvalue weighted by Gasteiger charge is -2.21. The van der Waals surface area contributed by atoms with Gasteiger partial charge in [-0.2, -0.15) is 0 Å². The molecule has 0 amide bonds. The summed E-state index contributed by atoms with van der Waals surface area (Å²) >= 11 is 6.34. The number of nitrogens with two attached hydrogens (primary N) is 1. The number of anilines is 1. The summed E-state index contributed by atoms with van der Waals surface area (Å²) < 4.78 is 34.0. The third-order valence-electron chi connectivity index (χ3n) is 6.01. The summed E-state index contributed by atoms with van der Waals surface area (Å²) in [5, 5.41) is 1.21. The number of hydrogen-bond donors (Lipinski definition) is 1. The van der Waals surface area contributed by atoms with Crippen LogP contribution in [0.2, 0.25) is 5.02 Å².